The van der Waals surface area contributed by atoms with Crippen LogP contribution in [0.3, 0.4) is 0 Å². The number of aromatic nitrogens is 4. The highest BCUT2D eigenvalue weighted by atomic mass is 16.5. The molecule has 0 spiro atoms. The van der Waals surface area contributed by atoms with Gasteiger partial charge in [-0.15, -0.1) is 0 Å². The Hall–Kier alpha value is -5.45. The summed E-state index contributed by atoms with van der Waals surface area (Å²) in [7, 11) is 1.30. The van der Waals surface area contributed by atoms with Crippen LogP contribution in [0.25, 0.3) is 33.6 Å². The Bertz CT molecular complexity index is 2230. The van der Waals surface area contributed by atoms with E-state index in [2.05, 4.69) is 84.6 Å². The number of ether oxygens (including phenoxy) is 1. The Kier molecular flexibility index (Phi) is 9.97. The van der Waals surface area contributed by atoms with Gasteiger partial charge < -0.3 is 29.8 Å². The van der Waals surface area contributed by atoms with Crippen LogP contribution in [0.2, 0.25) is 0 Å². The average molecular weight is 756 g/mol. The molecule has 11 nitrogen and oxygen atoms in total. The lowest BCUT2D eigenvalue weighted by atomic mass is 9.73. The molecule has 4 heterocycles. The quantitative estimate of drug-likeness (QED) is 0.140. The number of H-pyrrole nitrogens is 2. The minimum Gasteiger partial charge on any atom is -0.453 e. The van der Waals surface area contributed by atoms with Gasteiger partial charge in [-0.2, -0.15) is 0 Å². The van der Waals surface area contributed by atoms with Crippen LogP contribution in [-0.4, -0.2) is 73.9 Å². The van der Waals surface area contributed by atoms with Crippen molar-refractivity contribution in [3.8, 4) is 33.6 Å². The van der Waals surface area contributed by atoms with Crippen molar-refractivity contribution in [1.29, 1.82) is 0 Å². The van der Waals surface area contributed by atoms with Crippen LogP contribution in [0, 0.1) is 17.8 Å². The molecule has 3 amide bonds. The Balaban J connectivity index is 1.03. The molecule has 2 aromatic carbocycles. The fourth-order valence-corrected chi connectivity index (χ4v) is 9.17. The summed E-state index contributed by atoms with van der Waals surface area (Å²) in [6, 6.07) is 11.9. The number of nitrogens with zero attached hydrogens (tertiary/aromatic N) is 4. The molecule has 11 heteroatoms. The minimum atomic E-state index is -0.718. The first-order valence-corrected chi connectivity index (χ1v) is 20.1. The van der Waals surface area contributed by atoms with Gasteiger partial charge >= 0.3 is 6.09 Å². The van der Waals surface area contributed by atoms with Crippen LogP contribution in [0.5, 0.6) is 0 Å². The summed E-state index contributed by atoms with van der Waals surface area (Å²) < 4.78 is 4.79. The summed E-state index contributed by atoms with van der Waals surface area (Å²) in [4.78, 5) is 59.4. The molecule has 0 bridgehead atoms. The van der Waals surface area contributed by atoms with Crippen molar-refractivity contribution >= 4 is 17.9 Å². The van der Waals surface area contributed by atoms with E-state index in [1.807, 2.05) is 38.1 Å². The maximum Gasteiger partial charge on any atom is 0.407 e. The van der Waals surface area contributed by atoms with Gasteiger partial charge in [-0.05, 0) is 84.6 Å². The van der Waals surface area contributed by atoms with E-state index in [0.29, 0.717) is 43.1 Å². The molecule has 0 radical (unpaired) electrons. The maximum atomic E-state index is 13.7. The third kappa shape index (κ3) is 6.85. The maximum absolute atomic E-state index is 13.7. The summed E-state index contributed by atoms with van der Waals surface area (Å²) in [5.41, 5.74) is 11.7. The van der Waals surface area contributed by atoms with Crippen molar-refractivity contribution in [3.63, 3.8) is 0 Å². The van der Waals surface area contributed by atoms with Crippen LogP contribution < -0.4 is 5.32 Å². The highest BCUT2D eigenvalue weighted by molar-refractivity contribution is 5.87. The first-order chi connectivity index (χ1) is 26.9. The van der Waals surface area contributed by atoms with E-state index in [1.165, 1.54) is 53.3 Å². The summed E-state index contributed by atoms with van der Waals surface area (Å²) in [5, 5.41) is 2.71. The number of hydrogen-bond acceptors (Lipinski definition) is 6. The summed E-state index contributed by atoms with van der Waals surface area (Å²) in [6.07, 6.45) is 11.4. The second kappa shape index (κ2) is 14.9. The zero-order valence-electron chi connectivity index (χ0n) is 33.5. The van der Waals surface area contributed by atoms with Crippen molar-refractivity contribution < 1.29 is 19.1 Å². The molecular formula is C45H53N7O4. The number of nitrogens with one attached hydrogen (secondary N) is 3. The molecule has 4 aliphatic rings. The van der Waals surface area contributed by atoms with Crippen LogP contribution >= 0.6 is 0 Å². The van der Waals surface area contributed by atoms with E-state index in [-0.39, 0.29) is 29.8 Å². The van der Waals surface area contributed by atoms with Crippen LogP contribution in [0.4, 0.5) is 4.79 Å². The van der Waals surface area contributed by atoms with E-state index in [1.54, 1.807) is 4.90 Å². The van der Waals surface area contributed by atoms with Gasteiger partial charge in [0.25, 0.3) is 0 Å². The molecule has 56 heavy (non-hydrogen) atoms. The molecule has 2 aliphatic carbocycles. The number of amides is 3. The molecule has 5 atom stereocenters. The van der Waals surface area contributed by atoms with E-state index < -0.39 is 12.1 Å². The molecule has 292 valence electrons. The molecule has 5 unspecified atom stereocenters. The molecule has 2 aromatic heterocycles. The van der Waals surface area contributed by atoms with Crippen molar-refractivity contribution in [2.75, 3.05) is 20.2 Å². The molecule has 3 N–H and O–H groups in total. The van der Waals surface area contributed by atoms with Crippen LogP contribution in [0.1, 0.15) is 102 Å². The van der Waals surface area contributed by atoms with Crippen molar-refractivity contribution in [2.45, 2.75) is 91.3 Å². The van der Waals surface area contributed by atoms with Gasteiger partial charge in [0.15, 0.2) is 0 Å². The number of alkyl carbamates (subject to hydrolysis) is 1. The number of carbonyl (C=O) groups excluding carboxylic acids is 3. The fraction of sp³-hybridized carbons (Fsp3) is 0.444. The predicted molar refractivity (Wildman–Crippen MR) is 216 cm³/mol. The predicted octanol–water partition coefficient (Wildman–Crippen LogP) is 8.27. The monoisotopic (exact) mass is 755 g/mol. The highest BCUT2D eigenvalue weighted by Crippen LogP contribution is 2.56. The van der Waals surface area contributed by atoms with Gasteiger partial charge in [0.1, 0.15) is 29.8 Å². The van der Waals surface area contributed by atoms with E-state index in [9.17, 15) is 14.4 Å². The standard InChI is InChI=1S/C45H53N7O4/c1-24(2)16-39(53)51-22-26(5)17-37(51)42-47-21-36(49-42)33-15-14-31(40-32-13-12-30(32)19-34(33)40)28-8-10-29(11-9-28)35-20-46-43(48-35)38-18-27(6)23-52(38)44(54)41(25(3)4)50-45(55)56-7/h8-11,14-15,17-18,20-21,24-25,30,32,37-38,41H,12-13,16,19,22-23H2,1-7H3,(H,46,48)(H,47,49)(H,50,55). The SMILES string of the molecule is COC(=O)NC(C(=O)N1CC(C)=CC1c1ncc(-c2ccc(-c3ccc(-c4cnc(C5C=C(C)CN5C(=O)CC(C)C)[nH]4)c4c3C3CCC3C4)cc2)[nH]1)C(C)C. The Labute approximate surface area is 329 Å². The van der Waals surface area contributed by atoms with Gasteiger partial charge in [-0.1, -0.05) is 87.4 Å². The average Bonchev–Trinajstić information content (AvgIpc) is 4.00. The zero-order chi connectivity index (χ0) is 39.4. The van der Waals surface area contributed by atoms with E-state index in [0.717, 1.165) is 34.8 Å². The third-order valence-corrected chi connectivity index (χ3v) is 12.1. The molecule has 1 saturated carbocycles. The number of aromatic amines is 2. The lowest BCUT2D eigenvalue weighted by Crippen LogP contribution is -2.51. The van der Waals surface area contributed by atoms with E-state index in [4.69, 9.17) is 14.7 Å². The lowest BCUT2D eigenvalue weighted by Gasteiger charge is -2.31. The second-order valence-corrected chi connectivity index (χ2v) is 17.0. The summed E-state index contributed by atoms with van der Waals surface area (Å²) in [5.74, 6) is 2.91. The van der Waals surface area contributed by atoms with Gasteiger partial charge in [-0.25, -0.2) is 14.8 Å². The first-order valence-electron chi connectivity index (χ1n) is 20.1. The van der Waals surface area contributed by atoms with Crippen LogP contribution in [-0.2, 0) is 20.7 Å². The molecule has 8 rings (SSSR count). The first kappa shape index (κ1) is 37.5. The zero-order valence-corrected chi connectivity index (χ0v) is 33.5. The third-order valence-electron chi connectivity index (χ3n) is 12.1. The largest absolute Gasteiger partial charge is 0.453 e. The summed E-state index contributed by atoms with van der Waals surface area (Å²) in [6.45, 7) is 13.2. The highest BCUT2D eigenvalue weighted by Gasteiger charge is 2.42. The smallest absolute Gasteiger partial charge is 0.407 e. The number of methoxy groups -OCH3 is 1. The Morgan fingerprint density at radius 2 is 1.43 bits per heavy atom. The van der Waals surface area contributed by atoms with Gasteiger partial charge in [0.05, 0.1) is 30.9 Å². The second-order valence-electron chi connectivity index (χ2n) is 17.0. The lowest BCUT2D eigenvalue weighted by molar-refractivity contribution is -0.135. The minimum absolute atomic E-state index is 0.123. The molecular weight excluding hydrogens is 703 g/mol. The van der Waals surface area contributed by atoms with Gasteiger partial charge in [0.2, 0.25) is 11.8 Å². The number of benzene rings is 2. The Morgan fingerprint density at radius 1 is 0.821 bits per heavy atom. The molecule has 0 saturated heterocycles. The number of imidazole rings is 2. The Morgan fingerprint density at radius 3 is 2.05 bits per heavy atom. The molecule has 2 aliphatic heterocycles. The normalized spacial score (nSPS) is 21.8. The van der Waals surface area contributed by atoms with Crippen molar-refractivity contribution in [1.82, 2.24) is 35.1 Å². The number of fused-ring (bicyclic) bond motifs is 3. The summed E-state index contributed by atoms with van der Waals surface area (Å²) >= 11 is 0. The van der Waals surface area contributed by atoms with Gasteiger partial charge in [0, 0.05) is 25.1 Å². The van der Waals surface area contributed by atoms with E-state index >= 15 is 0 Å². The van der Waals surface area contributed by atoms with Crippen LogP contribution in [0.15, 0.2) is 72.1 Å². The number of rotatable bonds is 10. The molecule has 4 aromatic rings. The number of carbonyl (C=O) groups is 3. The molecule has 1 fully saturated rings. The number of hydrogen-bond donors (Lipinski definition) is 3. The fourth-order valence-electron chi connectivity index (χ4n) is 9.17. The van der Waals surface area contributed by atoms with Gasteiger partial charge in [-0.3, -0.25) is 9.59 Å². The van der Waals surface area contributed by atoms with Crippen molar-refractivity contribution in [3.05, 3.63) is 94.9 Å². The van der Waals surface area contributed by atoms with Crippen molar-refractivity contribution in [2.24, 2.45) is 17.8 Å². The topological polar surface area (TPSA) is 136 Å².